The van der Waals surface area contributed by atoms with Crippen LogP contribution in [0.4, 0.5) is 10.6 Å². The van der Waals surface area contributed by atoms with E-state index in [0.717, 1.165) is 90.5 Å². The molecular weight excluding hydrogens is 828 g/mol. The number of amides is 2. The average Bonchev–Trinajstić information content (AvgIpc) is 3.55. The summed E-state index contributed by atoms with van der Waals surface area (Å²) in [6.07, 6.45) is 3.97. The Hall–Kier alpha value is -4.47. The van der Waals surface area contributed by atoms with Crippen molar-refractivity contribution >= 4 is 53.5 Å². The molecule has 2 atom stereocenters. The summed E-state index contributed by atoms with van der Waals surface area (Å²) in [4.78, 5) is 18.3. The normalized spacial score (nSPS) is 19.8. The smallest absolute Gasteiger partial charge is 0.320 e. The highest BCUT2D eigenvalue weighted by atomic mass is 35.5. The lowest BCUT2D eigenvalue weighted by Crippen LogP contribution is -2.38. The monoisotopic (exact) mass is 882 g/mol. The second kappa shape index (κ2) is 17.7. The number of aromatic nitrogens is 5. The van der Waals surface area contributed by atoms with Crippen LogP contribution in [0.1, 0.15) is 72.0 Å². The van der Waals surface area contributed by atoms with Crippen LogP contribution in [-0.2, 0) is 23.1 Å². The Morgan fingerprint density at radius 3 is 2.57 bits per heavy atom. The number of nitrogens with zero attached hydrogens (tertiary/aromatic N) is 6. The van der Waals surface area contributed by atoms with Gasteiger partial charge in [-0.25, -0.2) is 9.48 Å². The van der Waals surface area contributed by atoms with Gasteiger partial charge in [0.2, 0.25) is 0 Å². The minimum absolute atomic E-state index is 0.0162. The summed E-state index contributed by atoms with van der Waals surface area (Å²) in [5.74, 6) is 3.82. The predicted octanol–water partition coefficient (Wildman–Crippen LogP) is 10.1. The average molecular weight is 884 g/mol. The van der Waals surface area contributed by atoms with E-state index in [4.69, 9.17) is 30.4 Å². The van der Waals surface area contributed by atoms with Crippen LogP contribution in [0.2, 0.25) is 5.02 Å². The number of halogens is 1. The van der Waals surface area contributed by atoms with E-state index >= 15 is 0 Å². The van der Waals surface area contributed by atoms with E-state index in [2.05, 4.69) is 97.1 Å². The van der Waals surface area contributed by atoms with Crippen molar-refractivity contribution in [1.29, 1.82) is 0 Å². The number of fused-ring (bicyclic) bond motifs is 1. The molecule has 2 amide bonds. The Balaban J connectivity index is 0.944. The standard InChI is InChI=1S/C46H55ClN8O4S2/c1-30-23-41-50-51-42(31-12-10-13-34(24-31)58-22-19-53-17-20-57-21-18-53)54(41)28-38(30)60-37-14-9-8-11-32(37)27-48-43(56)49-40-26-39(44(2,3)4)52-55(40)33-15-16-35(47)36(25-33)59-61-46(7)29-45(46,5)6/h8-16,24-26,28,30H,17-23,27,29H2,1-7H3,(H2,48,49,56). The van der Waals surface area contributed by atoms with Gasteiger partial charge in [0.1, 0.15) is 24.0 Å². The maximum absolute atomic E-state index is 13.7. The molecule has 2 aliphatic heterocycles. The first-order chi connectivity index (χ1) is 29.2. The fraction of sp³-hybridized carbons (Fsp3) is 0.435. The van der Waals surface area contributed by atoms with Gasteiger partial charge in [-0.15, -0.1) is 10.2 Å². The Morgan fingerprint density at radius 1 is 1.02 bits per heavy atom. The SMILES string of the molecule is CC1Cc2nnc(-c3cccc(OCCN4CCOCC4)c3)n2C=C1Sc1ccccc1CNC(=O)Nc1cc(C(C)(C)C)nn1-c1ccc(Cl)c(OSC2(C)CC2(C)C)c1. The predicted molar refractivity (Wildman–Crippen MR) is 246 cm³/mol. The minimum Gasteiger partial charge on any atom is -0.492 e. The molecule has 0 radical (unpaired) electrons. The first-order valence-electron chi connectivity index (χ1n) is 20.9. The third kappa shape index (κ3) is 9.94. The van der Waals surface area contributed by atoms with Gasteiger partial charge in [0.05, 0.1) is 46.4 Å². The van der Waals surface area contributed by atoms with Gasteiger partial charge < -0.3 is 19.0 Å². The maximum atomic E-state index is 13.7. The number of carbonyl (C=O) groups excluding carboxylic acids is 1. The zero-order valence-corrected chi connectivity index (χ0v) is 38.3. The number of hydrogen-bond donors (Lipinski definition) is 2. The van der Waals surface area contributed by atoms with Crippen molar-refractivity contribution in [2.75, 3.05) is 44.8 Å². The molecule has 2 aromatic heterocycles. The van der Waals surface area contributed by atoms with Crippen molar-refractivity contribution in [3.05, 3.63) is 99.8 Å². The highest BCUT2D eigenvalue weighted by Gasteiger charge is 2.59. The summed E-state index contributed by atoms with van der Waals surface area (Å²) in [6.45, 7) is 20.4. The highest BCUT2D eigenvalue weighted by Crippen LogP contribution is 2.64. The number of anilines is 1. The number of thioether (sulfide) groups is 1. The Kier molecular flexibility index (Phi) is 12.5. The molecule has 1 aliphatic carbocycles. The molecule has 322 valence electrons. The Labute approximate surface area is 372 Å². The zero-order chi connectivity index (χ0) is 42.9. The molecule has 2 unspecified atom stereocenters. The quantitative estimate of drug-likeness (QED) is 0.104. The molecule has 3 aliphatic rings. The molecule has 5 aromatic rings. The number of nitrogens with one attached hydrogen (secondary N) is 2. The molecule has 3 aromatic carbocycles. The number of ether oxygens (including phenoxy) is 2. The first kappa shape index (κ1) is 43.2. The summed E-state index contributed by atoms with van der Waals surface area (Å²) in [7, 11) is 0. The lowest BCUT2D eigenvalue weighted by Gasteiger charge is -2.26. The third-order valence-corrected chi connectivity index (χ3v) is 14.8. The van der Waals surface area contributed by atoms with E-state index in [1.165, 1.54) is 16.9 Å². The van der Waals surface area contributed by atoms with Crippen molar-refractivity contribution < 1.29 is 18.5 Å². The van der Waals surface area contributed by atoms with Crippen LogP contribution >= 0.6 is 35.4 Å². The molecule has 2 fully saturated rings. The first-order valence-corrected chi connectivity index (χ1v) is 22.8. The fourth-order valence-corrected chi connectivity index (χ4v) is 9.78. The number of benzene rings is 3. The van der Waals surface area contributed by atoms with Crippen LogP contribution in [0.15, 0.2) is 82.6 Å². The maximum Gasteiger partial charge on any atom is 0.320 e. The van der Waals surface area contributed by atoms with Gasteiger partial charge in [-0.1, -0.05) is 95.2 Å². The molecular formula is C46H55ClN8O4S2. The van der Waals surface area contributed by atoms with Crippen molar-refractivity contribution in [2.24, 2.45) is 11.3 Å². The Bertz CT molecular complexity index is 2420. The van der Waals surface area contributed by atoms with E-state index in [0.29, 0.717) is 29.7 Å². The molecule has 0 spiro atoms. The minimum atomic E-state index is -0.345. The lowest BCUT2D eigenvalue weighted by atomic mass is 9.92. The topological polar surface area (TPSA) is 121 Å². The van der Waals surface area contributed by atoms with E-state index in [1.54, 1.807) is 22.5 Å². The van der Waals surface area contributed by atoms with Gasteiger partial charge in [0.25, 0.3) is 0 Å². The van der Waals surface area contributed by atoms with Crippen molar-refractivity contribution in [3.8, 4) is 28.6 Å². The molecule has 2 N–H and O–H groups in total. The summed E-state index contributed by atoms with van der Waals surface area (Å²) in [5.41, 5.74) is 3.44. The fourth-order valence-electron chi connectivity index (χ4n) is 7.41. The number of rotatable bonds is 14. The number of urea groups is 1. The van der Waals surface area contributed by atoms with E-state index in [-0.39, 0.29) is 27.5 Å². The van der Waals surface area contributed by atoms with Gasteiger partial charge >= 0.3 is 6.03 Å². The van der Waals surface area contributed by atoms with Gasteiger partial charge in [-0.2, -0.15) is 5.10 Å². The summed E-state index contributed by atoms with van der Waals surface area (Å²) < 4.78 is 21.7. The van der Waals surface area contributed by atoms with E-state index in [1.807, 2.05) is 54.6 Å². The van der Waals surface area contributed by atoms with Crippen LogP contribution in [0.3, 0.4) is 0 Å². The van der Waals surface area contributed by atoms with Gasteiger partial charge in [-0.05, 0) is 60.6 Å². The van der Waals surface area contributed by atoms with Gasteiger partial charge in [0.15, 0.2) is 11.6 Å². The molecule has 12 nitrogen and oxygen atoms in total. The molecule has 8 rings (SSSR count). The van der Waals surface area contributed by atoms with Crippen molar-refractivity contribution in [3.63, 3.8) is 0 Å². The second-order valence-corrected chi connectivity index (χ2v) is 20.7. The van der Waals surface area contributed by atoms with Crippen LogP contribution in [0.25, 0.3) is 23.3 Å². The largest absolute Gasteiger partial charge is 0.492 e. The molecule has 0 bridgehead atoms. The number of carbonyl (C=O) groups is 1. The molecule has 61 heavy (non-hydrogen) atoms. The van der Waals surface area contributed by atoms with Crippen molar-refractivity contribution in [1.82, 2.24) is 34.8 Å². The van der Waals surface area contributed by atoms with Gasteiger partial charge in [-0.3, -0.25) is 14.8 Å². The third-order valence-electron chi connectivity index (χ3n) is 11.8. The summed E-state index contributed by atoms with van der Waals surface area (Å²) >= 11 is 9.77. The second-order valence-electron chi connectivity index (χ2n) is 17.9. The molecule has 1 saturated heterocycles. The van der Waals surface area contributed by atoms with E-state index in [9.17, 15) is 4.79 Å². The number of allylic oxidation sites excluding steroid dienone is 1. The Morgan fingerprint density at radius 2 is 1.80 bits per heavy atom. The molecule has 4 heterocycles. The van der Waals surface area contributed by atoms with E-state index < -0.39 is 0 Å². The zero-order valence-electron chi connectivity index (χ0n) is 36.0. The molecule has 15 heteroatoms. The van der Waals surface area contributed by atoms with Gasteiger partial charge in [0, 0.05) is 71.7 Å². The number of morpholine rings is 1. The van der Waals surface area contributed by atoms with Crippen molar-refractivity contribution in [2.45, 2.75) is 82.9 Å². The number of hydrogen-bond acceptors (Lipinski definition) is 10. The highest BCUT2D eigenvalue weighted by molar-refractivity contribution is 8.03. The summed E-state index contributed by atoms with van der Waals surface area (Å²) in [5, 5.41) is 20.8. The molecule has 1 saturated carbocycles. The summed E-state index contributed by atoms with van der Waals surface area (Å²) in [6, 6.07) is 23.4. The van der Waals surface area contributed by atoms with Crippen LogP contribution in [0.5, 0.6) is 11.5 Å². The van der Waals surface area contributed by atoms with Crippen LogP contribution in [-0.4, -0.2) is 79.7 Å². The lowest BCUT2D eigenvalue weighted by molar-refractivity contribution is 0.0322. The van der Waals surface area contributed by atoms with Crippen LogP contribution in [0, 0.1) is 11.3 Å². The van der Waals surface area contributed by atoms with Crippen LogP contribution < -0.4 is 19.6 Å².